The normalized spacial score (nSPS) is 12.0. The van der Waals surface area contributed by atoms with Crippen molar-refractivity contribution in [1.82, 2.24) is 20.4 Å². The summed E-state index contributed by atoms with van der Waals surface area (Å²) < 4.78 is 12.0. The summed E-state index contributed by atoms with van der Waals surface area (Å²) in [5, 5.41) is 17.1. The Kier molecular flexibility index (Phi) is 6.85. The van der Waals surface area contributed by atoms with Crippen molar-refractivity contribution in [2.75, 3.05) is 0 Å². The predicted octanol–water partition coefficient (Wildman–Crippen LogP) is 9.38. The molecule has 0 atom stereocenters. The quantitative estimate of drug-likeness (QED) is 0.211. The van der Waals surface area contributed by atoms with Gasteiger partial charge in [0.15, 0.2) is 0 Å². The van der Waals surface area contributed by atoms with Crippen LogP contribution in [0.3, 0.4) is 0 Å². The van der Waals surface area contributed by atoms with Crippen LogP contribution in [0.2, 0.25) is 0 Å². The Morgan fingerprint density at radius 1 is 0.333 bits per heavy atom. The molecular weight excluding hydrogens is 520 g/mol. The number of hydrogen-bond acceptors (Lipinski definition) is 6. The zero-order chi connectivity index (χ0) is 29.5. The summed E-state index contributed by atoms with van der Waals surface area (Å²) in [7, 11) is 0. The first-order chi connectivity index (χ1) is 20.0. The standard InChI is InChI=1S/C36H34N4O2/c1-35(2,3)29-19-15-27(16-20-29)33-39-37-31(41-33)25-11-7-23(8-12-25)24-9-13-26(14-10-24)32-38-40-34(42-32)28-17-21-30(22-18-28)36(4,5)6/h7-22H,1-6H3. The third-order valence-corrected chi connectivity index (χ3v) is 7.44. The fourth-order valence-corrected chi connectivity index (χ4v) is 4.75. The fourth-order valence-electron chi connectivity index (χ4n) is 4.75. The van der Waals surface area contributed by atoms with Gasteiger partial charge in [-0.15, -0.1) is 20.4 Å². The summed E-state index contributed by atoms with van der Waals surface area (Å²) in [6, 6.07) is 32.8. The first-order valence-electron chi connectivity index (χ1n) is 14.1. The molecule has 0 unspecified atom stereocenters. The number of nitrogens with zero attached hydrogens (tertiary/aromatic N) is 4. The van der Waals surface area contributed by atoms with Crippen LogP contribution in [0.1, 0.15) is 52.7 Å². The molecule has 0 amide bonds. The van der Waals surface area contributed by atoms with Crippen LogP contribution in [0.5, 0.6) is 0 Å². The zero-order valence-electron chi connectivity index (χ0n) is 24.8. The van der Waals surface area contributed by atoms with Crippen LogP contribution in [0.4, 0.5) is 0 Å². The molecule has 6 nitrogen and oxygen atoms in total. The first-order valence-corrected chi connectivity index (χ1v) is 14.1. The van der Waals surface area contributed by atoms with Gasteiger partial charge in [-0.1, -0.05) is 90.1 Å². The van der Waals surface area contributed by atoms with Gasteiger partial charge in [-0.3, -0.25) is 0 Å². The maximum atomic E-state index is 6.00. The van der Waals surface area contributed by atoms with Crippen molar-refractivity contribution in [3.05, 3.63) is 108 Å². The van der Waals surface area contributed by atoms with Gasteiger partial charge in [-0.2, -0.15) is 0 Å². The maximum Gasteiger partial charge on any atom is 0.248 e. The molecule has 2 aromatic heterocycles. The topological polar surface area (TPSA) is 77.8 Å². The van der Waals surface area contributed by atoms with Crippen molar-refractivity contribution in [3.8, 4) is 56.9 Å². The highest BCUT2D eigenvalue weighted by molar-refractivity contribution is 5.70. The molecule has 0 aliphatic carbocycles. The van der Waals surface area contributed by atoms with E-state index in [1.54, 1.807) is 0 Å². The second-order valence-electron chi connectivity index (χ2n) is 12.6. The van der Waals surface area contributed by atoms with Gasteiger partial charge >= 0.3 is 0 Å². The molecule has 6 rings (SSSR count). The molecule has 0 radical (unpaired) electrons. The van der Waals surface area contributed by atoms with Gasteiger partial charge in [-0.25, -0.2) is 0 Å². The third kappa shape index (κ3) is 5.66. The highest BCUT2D eigenvalue weighted by Crippen LogP contribution is 2.31. The summed E-state index contributed by atoms with van der Waals surface area (Å²) in [6.45, 7) is 13.2. The monoisotopic (exact) mass is 554 g/mol. The van der Waals surface area contributed by atoms with Gasteiger partial charge in [0, 0.05) is 22.3 Å². The molecule has 0 aliphatic rings. The molecule has 0 saturated carbocycles. The van der Waals surface area contributed by atoms with Crippen molar-refractivity contribution < 1.29 is 8.83 Å². The first kappa shape index (κ1) is 27.3. The number of benzene rings is 4. The van der Waals surface area contributed by atoms with Gasteiger partial charge in [-0.05, 0) is 81.6 Å². The van der Waals surface area contributed by atoms with Crippen LogP contribution in [-0.4, -0.2) is 20.4 Å². The Morgan fingerprint density at radius 3 is 0.786 bits per heavy atom. The molecule has 6 aromatic rings. The van der Waals surface area contributed by atoms with Gasteiger partial charge in [0.1, 0.15) is 0 Å². The minimum Gasteiger partial charge on any atom is -0.416 e. The van der Waals surface area contributed by atoms with Crippen molar-refractivity contribution >= 4 is 0 Å². The lowest BCUT2D eigenvalue weighted by molar-refractivity contribution is 0.582. The van der Waals surface area contributed by atoms with Crippen LogP contribution in [0, 0.1) is 0 Å². The second-order valence-corrected chi connectivity index (χ2v) is 12.6. The summed E-state index contributed by atoms with van der Waals surface area (Å²) in [5.74, 6) is 2.01. The largest absolute Gasteiger partial charge is 0.416 e. The average Bonchev–Trinajstić information content (AvgIpc) is 3.68. The van der Waals surface area contributed by atoms with Crippen LogP contribution in [0.25, 0.3) is 56.9 Å². The Hall–Kier alpha value is -4.84. The smallest absolute Gasteiger partial charge is 0.248 e. The lowest BCUT2D eigenvalue weighted by Crippen LogP contribution is -2.10. The molecule has 42 heavy (non-hydrogen) atoms. The van der Waals surface area contributed by atoms with E-state index in [4.69, 9.17) is 8.83 Å². The van der Waals surface area contributed by atoms with Crippen LogP contribution in [0.15, 0.2) is 106 Å². The number of rotatable bonds is 5. The summed E-state index contributed by atoms with van der Waals surface area (Å²) in [6.07, 6.45) is 0. The summed E-state index contributed by atoms with van der Waals surface area (Å²) in [4.78, 5) is 0. The van der Waals surface area contributed by atoms with E-state index in [0.29, 0.717) is 23.6 Å². The fraction of sp³-hybridized carbons (Fsp3) is 0.222. The van der Waals surface area contributed by atoms with E-state index in [1.165, 1.54) is 11.1 Å². The molecule has 4 aromatic carbocycles. The highest BCUT2D eigenvalue weighted by atomic mass is 16.4. The van der Waals surface area contributed by atoms with Crippen molar-refractivity contribution in [2.45, 2.75) is 52.4 Å². The van der Waals surface area contributed by atoms with Crippen LogP contribution in [-0.2, 0) is 10.8 Å². The molecule has 210 valence electrons. The Bertz CT molecular complexity index is 1660. The van der Waals surface area contributed by atoms with E-state index < -0.39 is 0 Å². The van der Waals surface area contributed by atoms with E-state index in [-0.39, 0.29) is 10.8 Å². The van der Waals surface area contributed by atoms with Crippen molar-refractivity contribution in [3.63, 3.8) is 0 Å². The summed E-state index contributed by atoms with van der Waals surface area (Å²) >= 11 is 0. The minimum atomic E-state index is 0.0936. The van der Waals surface area contributed by atoms with Gasteiger partial charge < -0.3 is 8.83 Å². The lowest BCUT2D eigenvalue weighted by atomic mass is 9.87. The molecule has 0 N–H and O–H groups in total. The minimum absolute atomic E-state index is 0.0936. The molecule has 0 bridgehead atoms. The van der Waals surface area contributed by atoms with E-state index in [0.717, 1.165) is 33.4 Å². The Labute approximate surface area is 246 Å². The van der Waals surface area contributed by atoms with Gasteiger partial charge in [0.2, 0.25) is 23.6 Å². The Morgan fingerprint density at radius 2 is 0.548 bits per heavy atom. The second kappa shape index (κ2) is 10.5. The molecule has 0 aliphatic heterocycles. The SMILES string of the molecule is CC(C)(C)c1ccc(-c2nnc(-c3ccc(-c4ccc(-c5nnc(-c6ccc(C(C)(C)C)cc6)o5)cc4)cc3)o2)cc1. The third-order valence-electron chi connectivity index (χ3n) is 7.44. The van der Waals surface area contributed by atoms with Gasteiger partial charge in [0.25, 0.3) is 0 Å². The van der Waals surface area contributed by atoms with E-state index >= 15 is 0 Å². The maximum absolute atomic E-state index is 6.00. The number of aromatic nitrogens is 4. The molecule has 6 heteroatoms. The highest BCUT2D eigenvalue weighted by Gasteiger charge is 2.17. The van der Waals surface area contributed by atoms with Gasteiger partial charge in [0.05, 0.1) is 0 Å². The van der Waals surface area contributed by atoms with Crippen molar-refractivity contribution in [2.24, 2.45) is 0 Å². The molecule has 0 saturated heterocycles. The van der Waals surface area contributed by atoms with Crippen molar-refractivity contribution in [1.29, 1.82) is 0 Å². The summed E-state index contributed by atoms with van der Waals surface area (Å²) in [5.41, 5.74) is 8.42. The van der Waals surface area contributed by atoms with E-state index in [1.807, 2.05) is 48.5 Å². The average molecular weight is 555 g/mol. The molecule has 2 heterocycles. The van der Waals surface area contributed by atoms with E-state index in [2.05, 4.69) is 110 Å². The zero-order valence-corrected chi connectivity index (χ0v) is 24.8. The predicted molar refractivity (Wildman–Crippen MR) is 167 cm³/mol. The van der Waals surface area contributed by atoms with Crippen LogP contribution >= 0.6 is 0 Å². The molecule has 0 fully saturated rings. The lowest BCUT2D eigenvalue weighted by Gasteiger charge is -2.18. The van der Waals surface area contributed by atoms with E-state index in [9.17, 15) is 0 Å². The van der Waals surface area contributed by atoms with Crippen LogP contribution < -0.4 is 0 Å². The Balaban J connectivity index is 1.15. The molecular formula is C36H34N4O2. The number of hydrogen-bond donors (Lipinski definition) is 0. The molecule has 0 spiro atoms.